The quantitative estimate of drug-likeness (QED) is 0.219. The van der Waals surface area contributed by atoms with Crippen LogP contribution in [0.1, 0.15) is 76.7 Å². The summed E-state index contributed by atoms with van der Waals surface area (Å²) in [6.45, 7) is 2.20. The van der Waals surface area contributed by atoms with Gasteiger partial charge in [0.2, 0.25) is 0 Å². The summed E-state index contributed by atoms with van der Waals surface area (Å²) < 4.78 is 57.3. The van der Waals surface area contributed by atoms with Gasteiger partial charge >= 0.3 is 0 Å². The molecule has 6 heteroatoms. The first-order valence-electron chi connectivity index (χ1n) is 10.7. The highest BCUT2D eigenvalue weighted by Gasteiger charge is 2.39. The average molecular weight is 419 g/mol. The molecule has 1 aromatic carbocycles. The van der Waals surface area contributed by atoms with Crippen LogP contribution in [-0.4, -0.2) is 27.3 Å². The summed E-state index contributed by atoms with van der Waals surface area (Å²) in [5.74, 6) is -3.66. The van der Waals surface area contributed by atoms with E-state index in [0.29, 0.717) is 6.42 Å². The van der Waals surface area contributed by atoms with E-state index in [-0.39, 0.29) is 17.9 Å². The van der Waals surface area contributed by atoms with Crippen LogP contribution in [0.4, 0.5) is 13.2 Å². The topological polar surface area (TPSA) is 27.7 Å². The van der Waals surface area contributed by atoms with Crippen LogP contribution in [0.3, 0.4) is 0 Å². The van der Waals surface area contributed by atoms with Crippen molar-refractivity contribution in [3.63, 3.8) is 0 Å². The van der Waals surface area contributed by atoms with Crippen LogP contribution in [0.25, 0.3) is 0 Å². The molecule has 0 N–H and O–H groups in total. The van der Waals surface area contributed by atoms with Crippen molar-refractivity contribution in [2.75, 3.05) is 21.3 Å². The second kappa shape index (κ2) is 14.0. The van der Waals surface area contributed by atoms with Crippen molar-refractivity contribution in [3.05, 3.63) is 35.1 Å². The Morgan fingerprint density at radius 1 is 0.759 bits per heavy atom. The number of halogens is 3. The van der Waals surface area contributed by atoms with Gasteiger partial charge in [0.25, 0.3) is 5.97 Å². The molecule has 0 fully saturated rings. The Bertz CT molecular complexity index is 545. The molecule has 0 aliphatic carbocycles. The fraction of sp³-hybridized carbons (Fsp3) is 0.739. The Morgan fingerprint density at radius 3 is 1.76 bits per heavy atom. The Kier molecular flexibility index (Phi) is 12.5. The zero-order valence-electron chi connectivity index (χ0n) is 18.4. The van der Waals surface area contributed by atoms with E-state index >= 15 is 0 Å². The highest BCUT2D eigenvalue weighted by Crippen LogP contribution is 2.33. The first kappa shape index (κ1) is 25.9. The van der Waals surface area contributed by atoms with Gasteiger partial charge in [-0.2, -0.15) is 0 Å². The SMILES string of the molecule is CCCCCCCCC(CCCCc1c(F)cc(F)cc1F)C(OC)(OC)OC. The fourth-order valence-corrected chi connectivity index (χ4v) is 3.92. The van der Waals surface area contributed by atoms with Crippen molar-refractivity contribution >= 4 is 0 Å². The van der Waals surface area contributed by atoms with E-state index in [4.69, 9.17) is 14.2 Å². The molecule has 0 amide bonds. The number of methoxy groups -OCH3 is 3. The summed E-state index contributed by atoms with van der Waals surface area (Å²) in [6, 6.07) is 1.46. The van der Waals surface area contributed by atoms with Gasteiger partial charge in [-0.15, -0.1) is 0 Å². The number of hydrogen-bond acceptors (Lipinski definition) is 3. The van der Waals surface area contributed by atoms with Crippen LogP contribution < -0.4 is 0 Å². The van der Waals surface area contributed by atoms with Gasteiger partial charge in [-0.3, -0.25) is 0 Å². The number of rotatable bonds is 16. The molecule has 0 aliphatic heterocycles. The number of hydrogen-bond donors (Lipinski definition) is 0. The molecule has 0 bridgehead atoms. The molecule has 0 aromatic heterocycles. The van der Waals surface area contributed by atoms with Crippen molar-refractivity contribution in [3.8, 4) is 0 Å². The average Bonchev–Trinajstić information content (AvgIpc) is 2.70. The Morgan fingerprint density at radius 2 is 1.24 bits per heavy atom. The van der Waals surface area contributed by atoms with Crippen molar-refractivity contribution in [2.45, 2.75) is 83.5 Å². The third-order valence-electron chi connectivity index (χ3n) is 5.59. The molecule has 0 aliphatic rings. The molecule has 0 heterocycles. The lowest BCUT2D eigenvalue weighted by molar-refractivity contribution is -0.380. The second-order valence-electron chi connectivity index (χ2n) is 7.56. The lowest BCUT2D eigenvalue weighted by atomic mass is 9.91. The minimum absolute atomic E-state index is 0.0107. The Balaban J connectivity index is 2.60. The van der Waals surface area contributed by atoms with Crippen LogP contribution in [0, 0.1) is 23.4 Å². The van der Waals surface area contributed by atoms with Gasteiger partial charge < -0.3 is 14.2 Å². The predicted octanol–water partition coefficient (Wildman–Crippen LogP) is 6.78. The van der Waals surface area contributed by atoms with Gasteiger partial charge in [-0.25, -0.2) is 13.2 Å². The molecule has 1 rings (SSSR count). The minimum Gasteiger partial charge on any atom is -0.331 e. The molecule has 1 atom stereocenters. The molecular weight excluding hydrogens is 381 g/mol. The van der Waals surface area contributed by atoms with E-state index in [9.17, 15) is 13.2 Å². The molecule has 0 saturated carbocycles. The largest absolute Gasteiger partial charge is 0.331 e. The van der Waals surface area contributed by atoms with E-state index < -0.39 is 23.4 Å². The summed E-state index contributed by atoms with van der Waals surface area (Å²) in [7, 11) is 4.68. The summed E-state index contributed by atoms with van der Waals surface area (Å²) >= 11 is 0. The Hall–Kier alpha value is -1.11. The van der Waals surface area contributed by atoms with Crippen LogP contribution in [0.5, 0.6) is 0 Å². The molecule has 0 spiro atoms. The first-order chi connectivity index (χ1) is 13.9. The predicted molar refractivity (Wildman–Crippen MR) is 109 cm³/mol. The zero-order chi connectivity index (χ0) is 21.7. The van der Waals surface area contributed by atoms with Gasteiger partial charge in [0.05, 0.1) is 0 Å². The van der Waals surface area contributed by atoms with Gasteiger partial charge in [0.15, 0.2) is 0 Å². The summed E-state index contributed by atoms with van der Waals surface area (Å²) in [6.07, 6.45) is 10.3. The lowest BCUT2D eigenvalue weighted by Gasteiger charge is -2.36. The summed E-state index contributed by atoms with van der Waals surface area (Å²) in [4.78, 5) is 0. The molecule has 168 valence electrons. The molecule has 0 radical (unpaired) electrons. The van der Waals surface area contributed by atoms with Crippen LogP contribution >= 0.6 is 0 Å². The number of ether oxygens (including phenoxy) is 3. The van der Waals surface area contributed by atoms with E-state index in [1.54, 1.807) is 21.3 Å². The fourth-order valence-electron chi connectivity index (χ4n) is 3.92. The number of benzene rings is 1. The van der Waals surface area contributed by atoms with Crippen LogP contribution in [0.15, 0.2) is 12.1 Å². The van der Waals surface area contributed by atoms with E-state index in [2.05, 4.69) is 6.92 Å². The summed E-state index contributed by atoms with van der Waals surface area (Å²) in [5.41, 5.74) is -0.0599. The van der Waals surface area contributed by atoms with Crippen LogP contribution in [0.2, 0.25) is 0 Å². The van der Waals surface area contributed by atoms with Gasteiger partial charge in [-0.1, -0.05) is 51.9 Å². The molecule has 29 heavy (non-hydrogen) atoms. The first-order valence-corrected chi connectivity index (χ1v) is 10.7. The monoisotopic (exact) mass is 418 g/mol. The maximum Gasteiger partial charge on any atom is 0.285 e. The lowest BCUT2D eigenvalue weighted by Crippen LogP contribution is -2.44. The molecule has 3 nitrogen and oxygen atoms in total. The van der Waals surface area contributed by atoms with Crippen molar-refractivity contribution in [2.24, 2.45) is 5.92 Å². The molecule has 1 aromatic rings. The van der Waals surface area contributed by atoms with Crippen LogP contribution in [-0.2, 0) is 20.6 Å². The van der Waals surface area contributed by atoms with Gasteiger partial charge in [-0.05, 0) is 25.7 Å². The molecular formula is C23H37F3O3. The van der Waals surface area contributed by atoms with E-state index in [1.165, 1.54) is 25.7 Å². The normalized spacial score (nSPS) is 13.1. The third-order valence-corrected chi connectivity index (χ3v) is 5.59. The van der Waals surface area contributed by atoms with Gasteiger partial charge in [0.1, 0.15) is 17.5 Å². The second-order valence-corrected chi connectivity index (χ2v) is 7.56. The highest BCUT2D eigenvalue weighted by molar-refractivity contribution is 5.20. The summed E-state index contributed by atoms with van der Waals surface area (Å²) in [5, 5.41) is 0. The molecule has 1 unspecified atom stereocenters. The number of unbranched alkanes of at least 4 members (excludes halogenated alkanes) is 6. The maximum absolute atomic E-state index is 13.8. The minimum atomic E-state index is -1.12. The van der Waals surface area contributed by atoms with Crippen molar-refractivity contribution in [1.82, 2.24) is 0 Å². The van der Waals surface area contributed by atoms with E-state index in [1.807, 2.05) is 0 Å². The van der Waals surface area contributed by atoms with E-state index in [0.717, 1.165) is 44.2 Å². The third kappa shape index (κ3) is 8.27. The highest BCUT2D eigenvalue weighted by atomic mass is 19.1. The molecule has 0 saturated heterocycles. The van der Waals surface area contributed by atoms with Crippen molar-refractivity contribution < 1.29 is 27.4 Å². The maximum atomic E-state index is 13.8. The van der Waals surface area contributed by atoms with Crippen molar-refractivity contribution in [1.29, 1.82) is 0 Å². The standard InChI is InChI=1S/C23H37F3O3/c1-5-6-7-8-9-10-13-18(23(27-2,28-3)29-4)14-11-12-15-20-21(25)16-19(24)17-22(20)26/h16-18H,5-15H2,1-4H3. The smallest absolute Gasteiger partial charge is 0.285 e. The Labute approximate surface area is 173 Å². The zero-order valence-corrected chi connectivity index (χ0v) is 18.4. The van der Waals surface area contributed by atoms with Gasteiger partial charge in [0, 0.05) is 44.9 Å².